The predicted molar refractivity (Wildman–Crippen MR) is 79.2 cm³/mol. The number of piperidine rings is 1. The van der Waals surface area contributed by atoms with E-state index in [1.165, 1.54) is 50.3 Å². The molecule has 1 aromatic rings. The highest BCUT2D eigenvalue weighted by atomic mass is 15.3. The Balaban J connectivity index is 1.75. The fraction of sp³-hybridized carbons (Fsp3) is 0.800. The van der Waals surface area contributed by atoms with E-state index in [4.69, 9.17) is 0 Å². The molecule has 1 N–H and O–H groups in total. The second-order valence-electron chi connectivity index (χ2n) is 5.60. The van der Waals surface area contributed by atoms with Gasteiger partial charge < -0.3 is 10.2 Å². The lowest BCUT2D eigenvalue weighted by molar-refractivity contribution is 0.197. The van der Waals surface area contributed by atoms with Gasteiger partial charge in [0.15, 0.2) is 0 Å². The number of hydrogen-bond donors (Lipinski definition) is 1. The summed E-state index contributed by atoms with van der Waals surface area (Å²) >= 11 is 0. The first-order chi connectivity index (χ1) is 9.22. The monoisotopic (exact) mass is 264 g/mol. The van der Waals surface area contributed by atoms with Crippen LogP contribution in [0.5, 0.6) is 0 Å². The molecule has 0 spiro atoms. The quantitative estimate of drug-likeness (QED) is 0.852. The summed E-state index contributed by atoms with van der Waals surface area (Å²) in [5.74, 6) is 0. The third-order valence-electron chi connectivity index (χ3n) is 4.09. The second kappa shape index (κ2) is 7.06. The van der Waals surface area contributed by atoms with Gasteiger partial charge in [-0.3, -0.25) is 4.68 Å². The van der Waals surface area contributed by atoms with Gasteiger partial charge in [0, 0.05) is 19.6 Å². The molecule has 1 aromatic heterocycles. The Kier molecular flexibility index (Phi) is 5.40. The number of hydrogen-bond acceptors (Lipinski definition) is 3. The minimum absolute atomic E-state index is 0.674. The Labute approximate surface area is 117 Å². The van der Waals surface area contributed by atoms with Gasteiger partial charge >= 0.3 is 0 Å². The fourth-order valence-electron chi connectivity index (χ4n) is 2.84. The molecular weight excluding hydrogens is 236 g/mol. The van der Waals surface area contributed by atoms with Gasteiger partial charge in [-0.15, -0.1) is 0 Å². The highest BCUT2D eigenvalue weighted by Gasteiger charge is 2.18. The van der Waals surface area contributed by atoms with E-state index in [-0.39, 0.29) is 0 Å². The topological polar surface area (TPSA) is 33.1 Å². The Morgan fingerprint density at radius 2 is 2.05 bits per heavy atom. The van der Waals surface area contributed by atoms with Crippen molar-refractivity contribution in [2.24, 2.45) is 7.05 Å². The number of likely N-dealkylation sites (tertiary alicyclic amines) is 1. The average molecular weight is 264 g/mol. The lowest BCUT2D eigenvalue weighted by Gasteiger charge is -2.32. The lowest BCUT2D eigenvalue weighted by atomic mass is 10.0. The van der Waals surface area contributed by atoms with Crippen molar-refractivity contribution in [2.45, 2.75) is 52.1 Å². The van der Waals surface area contributed by atoms with E-state index in [1.807, 2.05) is 11.7 Å². The summed E-state index contributed by atoms with van der Waals surface area (Å²) in [6.45, 7) is 9.12. The van der Waals surface area contributed by atoms with Gasteiger partial charge in [0.25, 0.3) is 0 Å². The summed E-state index contributed by atoms with van der Waals surface area (Å²) in [7, 11) is 2.04. The molecule has 19 heavy (non-hydrogen) atoms. The molecule has 0 saturated carbocycles. The minimum atomic E-state index is 0.674. The van der Waals surface area contributed by atoms with Gasteiger partial charge in [0.1, 0.15) is 0 Å². The Hall–Kier alpha value is -0.870. The van der Waals surface area contributed by atoms with Crippen molar-refractivity contribution < 1.29 is 0 Å². The maximum absolute atomic E-state index is 4.50. The molecule has 1 saturated heterocycles. The molecular formula is C15H28N4. The van der Waals surface area contributed by atoms with Crippen molar-refractivity contribution in [3.8, 4) is 0 Å². The third kappa shape index (κ3) is 4.05. The maximum Gasteiger partial charge on any atom is 0.0625 e. The number of aromatic nitrogens is 2. The zero-order chi connectivity index (χ0) is 13.7. The summed E-state index contributed by atoms with van der Waals surface area (Å²) in [5.41, 5.74) is 2.49. The maximum atomic E-state index is 4.50. The molecule has 0 atom stereocenters. The highest BCUT2D eigenvalue weighted by Crippen LogP contribution is 2.12. The molecule has 0 bridgehead atoms. The van der Waals surface area contributed by atoms with Gasteiger partial charge in [0.05, 0.1) is 11.4 Å². The summed E-state index contributed by atoms with van der Waals surface area (Å²) in [5, 5.41) is 8.19. The van der Waals surface area contributed by atoms with Crippen molar-refractivity contribution in [1.29, 1.82) is 0 Å². The Morgan fingerprint density at radius 1 is 1.32 bits per heavy atom. The van der Waals surface area contributed by atoms with Crippen LogP contribution < -0.4 is 5.32 Å². The molecule has 0 amide bonds. The molecule has 1 fully saturated rings. The number of rotatable bonds is 6. The van der Waals surface area contributed by atoms with Gasteiger partial charge in [0.2, 0.25) is 0 Å². The SMILES string of the molecule is CCCN1CCC(NCc2cc(CC)nn2C)CC1. The largest absolute Gasteiger partial charge is 0.308 e. The molecule has 1 aliphatic heterocycles. The first-order valence-corrected chi connectivity index (χ1v) is 7.70. The van der Waals surface area contributed by atoms with E-state index in [0.717, 1.165) is 13.0 Å². The third-order valence-corrected chi connectivity index (χ3v) is 4.09. The molecule has 108 valence electrons. The smallest absolute Gasteiger partial charge is 0.0625 e. The van der Waals surface area contributed by atoms with Crippen molar-refractivity contribution in [2.75, 3.05) is 19.6 Å². The first-order valence-electron chi connectivity index (χ1n) is 7.70. The summed E-state index contributed by atoms with van der Waals surface area (Å²) < 4.78 is 2.01. The predicted octanol–water partition coefficient (Wildman–Crippen LogP) is 1.95. The zero-order valence-electron chi connectivity index (χ0n) is 12.7. The molecule has 1 aliphatic rings. The van der Waals surface area contributed by atoms with Crippen molar-refractivity contribution in [1.82, 2.24) is 20.0 Å². The van der Waals surface area contributed by atoms with E-state index in [0.29, 0.717) is 6.04 Å². The molecule has 0 unspecified atom stereocenters. The van der Waals surface area contributed by atoms with Crippen LogP contribution in [0.1, 0.15) is 44.5 Å². The molecule has 2 rings (SSSR count). The van der Waals surface area contributed by atoms with E-state index in [9.17, 15) is 0 Å². The molecule has 4 heteroatoms. The summed E-state index contributed by atoms with van der Waals surface area (Å²) in [6.07, 6.45) is 4.84. The summed E-state index contributed by atoms with van der Waals surface area (Å²) in [6, 6.07) is 2.90. The number of aryl methyl sites for hydroxylation is 2. The van der Waals surface area contributed by atoms with Crippen LogP contribution >= 0.6 is 0 Å². The number of nitrogens with zero attached hydrogens (tertiary/aromatic N) is 3. The molecule has 4 nitrogen and oxygen atoms in total. The molecule has 0 aromatic carbocycles. The van der Waals surface area contributed by atoms with E-state index in [2.05, 4.69) is 35.2 Å². The van der Waals surface area contributed by atoms with Crippen LogP contribution in [0.2, 0.25) is 0 Å². The van der Waals surface area contributed by atoms with E-state index < -0.39 is 0 Å². The minimum Gasteiger partial charge on any atom is -0.308 e. The highest BCUT2D eigenvalue weighted by molar-refractivity contribution is 5.10. The standard InChI is InChI=1S/C15H28N4/c1-4-8-19-9-6-14(7-10-19)16-12-15-11-13(5-2)17-18(15)3/h11,14,16H,4-10,12H2,1-3H3. The Morgan fingerprint density at radius 3 is 2.63 bits per heavy atom. The van der Waals surface area contributed by atoms with Gasteiger partial charge in [-0.1, -0.05) is 13.8 Å². The zero-order valence-corrected chi connectivity index (χ0v) is 12.7. The van der Waals surface area contributed by atoms with Crippen LogP contribution in [-0.2, 0) is 20.0 Å². The van der Waals surface area contributed by atoms with Crippen molar-refractivity contribution in [3.63, 3.8) is 0 Å². The van der Waals surface area contributed by atoms with E-state index in [1.54, 1.807) is 0 Å². The van der Waals surface area contributed by atoms with Crippen molar-refractivity contribution in [3.05, 3.63) is 17.5 Å². The molecule has 0 radical (unpaired) electrons. The van der Waals surface area contributed by atoms with Gasteiger partial charge in [-0.2, -0.15) is 5.10 Å². The van der Waals surface area contributed by atoms with Crippen LogP contribution in [0.25, 0.3) is 0 Å². The average Bonchev–Trinajstić information content (AvgIpc) is 2.79. The van der Waals surface area contributed by atoms with Crippen LogP contribution in [0.3, 0.4) is 0 Å². The van der Waals surface area contributed by atoms with Crippen molar-refractivity contribution >= 4 is 0 Å². The van der Waals surface area contributed by atoms with Gasteiger partial charge in [-0.05, 0) is 51.4 Å². The fourth-order valence-corrected chi connectivity index (χ4v) is 2.84. The molecule has 2 heterocycles. The summed E-state index contributed by atoms with van der Waals surface area (Å²) in [4.78, 5) is 2.58. The normalized spacial score (nSPS) is 18.1. The van der Waals surface area contributed by atoms with Crippen LogP contribution in [0.15, 0.2) is 6.07 Å². The van der Waals surface area contributed by atoms with Crippen LogP contribution in [-0.4, -0.2) is 40.4 Å². The number of nitrogens with one attached hydrogen (secondary N) is 1. The lowest BCUT2D eigenvalue weighted by Crippen LogP contribution is -2.42. The van der Waals surface area contributed by atoms with Gasteiger partial charge in [-0.25, -0.2) is 0 Å². The second-order valence-corrected chi connectivity index (χ2v) is 5.60. The van der Waals surface area contributed by atoms with Crippen LogP contribution in [0.4, 0.5) is 0 Å². The first kappa shape index (κ1) is 14.5. The van der Waals surface area contributed by atoms with Crippen LogP contribution in [0, 0.1) is 0 Å². The molecule has 0 aliphatic carbocycles. The van der Waals surface area contributed by atoms with E-state index >= 15 is 0 Å². The Bertz CT molecular complexity index is 377.